The molecule has 0 saturated carbocycles. The van der Waals surface area contributed by atoms with Gasteiger partial charge in [0.2, 0.25) is 5.91 Å². The number of nitrogens with zero attached hydrogens (tertiary/aromatic N) is 1. The fourth-order valence-corrected chi connectivity index (χ4v) is 3.27. The summed E-state index contributed by atoms with van der Waals surface area (Å²) in [6.07, 6.45) is 2.27. The highest BCUT2D eigenvalue weighted by molar-refractivity contribution is 5.97. The van der Waals surface area contributed by atoms with E-state index in [9.17, 15) is 9.59 Å². The molecule has 0 aliphatic rings. The third-order valence-corrected chi connectivity index (χ3v) is 4.77. The number of methoxy groups -OCH3 is 1. The van der Waals surface area contributed by atoms with Gasteiger partial charge in [-0.25, -0.2) is 0 Å². The van der Waals surface area contributed by atoms with Gasteiger partial charge in [-0.3, -0.25) is 9.59 Å². The monoisotopic (exact) mass is 380 g/mol. The Balaban J connectivity index is 1.76. The van der Waals surface area contributed by atoms with Gasteiger partial charge in [0, 0.05) is 28.2 Å². The number of carboxylic acid groups (broad SMARTS) is 1. The summed E-state index contributed by atoms with van der Waals surface area (Å²) in [6.45, 7) is 3.70. The normalized spacial score (nSPS) is 11.4. The number of carbonyl (C=O) groups is 2. The third kappa shape index (κ3) is 4.17. The van der Waals surface area contributed by atoms with E-state index in [0.29, 0.717) is 12.1 Å². The summed E-state index contributed by atoms with van der Waals surface area (Å²) < 4.78 is 7.05. The standard InChI is InChI=1S/C22H24N2O4/c1-22(2,13-16-6-4-5-7-19(16)28-3)21(27)23-17-8-9-18-15(12-17)10-11-24(18)14-20(25)26/h4-12H,13-14H2,1-3H3,(H,23,27)(H,25,26). The van der Waals surface area contributed by atoms with Gasteiger partial charge in [-0.05, 0) is 42.3 Å². The molecule has 3 aromatic rings. The van der Waals surface area contributed by atoms with E-state index in [1.807, 2.05) is 56.3 Å². The number of benzene rings is 2. The first-order valence-electron chi connectivity index (χ1n) is 9.04. The van der Waals surface area contributed by atoms with Gasteiger partial charge < -0.3 is 19.7 Å². The summed E-state index contributed by atoms with van der Waals surface area (Å²) in [5.41, 5.74) is 1.83. The molecule has 0 atom stereocenters. The number of aromatic nitrogens is 1. The number of amides is 1. The maximum atomic E-state index is 12.9. The fraction of sp³-hybridized carbons (Fsp3) is 0.273. The van der Waals surface area contributed by atoms with Crippen LogP contribution < -0.4 is 10.1 Å². The zero-order valence-electron chi connectivity index (χ0n) is 16.2. The first-order chi connectivity index (χ1) is 13.3. The second-order valence-electron chi connectivity index (χ2n) is 7.44. The van der Waals surface area contributed by atoms with E-state index in [0.717, 1.165) is 22.2 Å². The number of carbonyl (C=O) groups excluding carboxylic acids is 1. The molecular weight excluding hydrogens is 356 g/mol. The molecule has 0 fully saturated rings. The molecule has 1 heterocycles. The summed E-state index contributed by atoms with van der Waals surface area (Å²) in [4.78, 5) is 23.8. The SMILES string of the molecule is COc1ccccc1CC(C)(C)C(=O)Nc1ccc2c(ccn2CC(=O)O)c1. The van der Waals surface area contributed by atoms with Gasteiger partial charge in [0.25, 0.3) is 0 Å². The minimum atomic E-state index is -0.895. The number of nitrogens with one attached hydrogen (secondary N) is 1. The first kappa shape index (κ1) is 19.5. The van der Waals surface area contributed by atoms with Crippen LogP contribution >= 0.6 is 0 Å². The summed E-state index contributed by atoms with van der Waals surface area (Å²) >= 11 is 0. The van der Waals surface area contributed by atoms with E-state index in [2.05, 4.69) is 5.32 Å². The van der Waals surface area contributed by atoms with Crippen molar-refractivity contribution >= 4 is 28.5 Å². The molecule has 0 unspecified atom stereocenters. The van der Waals surface area contributed by atoms with Crippen LogP contribution in [-0.2, 0) is 22.6 Å². The van der Waals surface area contributed by atoms with Crippen LogP contribution in [0.3, 0.4) is 0 Å². The molecule has 0 aliphatic heterocycles. The number of rotatable bonds is 7. The molecule has 0 saturated heterocycles. The molecule has 0 aliphatic carbocycles. The lowest BCUT2D eigenvalue weighted by molar-refractivity contribution is -0.137. The minimum absolute atomic E-state index is 0.0947. The van der Waals surface area contributed by atoms with Crippen LogP contribution in [0.25, 0.3) is 10.9 Å². The van der Waals surface area contributed by atoms with Crippen LogP contribution in [0.15, 0.2) is 54.7 Å². The van der Waals surface area contributed by atoms with Crippen molar-refractivity contribution in [1.82, 2.24) is 4.57 Å². The molecule has 0 spiro atoms. The summed E-state index contributed by atoms with van der Waals surface area (Å²) in [5.74, 6) is -0.222. The highest BCUT2D eigenvalue weighted by atomic mass is 16.5. The van der Waals surface area contributed by atoms with Crippen molar-refractivity contribution in [2.75, 3.05) is 12.4 Å². The molecule has 6 heteroatoms. The van der Waals surface area contributed by atoms with Crippen molar-refractivity contribution in [3.05, 3.63) is 60.3 Å². The zero-order valence-corrected chi connectivity index (χ0v) is 16.2. The molecule has 1 amide bonds. The number of aliphatic carboxylic acids is 1. The molecule has 1 aromatic heterocycles. The maximum Gasteiger partial charge on any atom is 0.323 e. The summed E-state index contributed by atoms with van der Waals surface area (Å²) in [7, 11) is 1.62. The average Bonchev–Trinajstić information content (AvgIpc) is 3.03. The second kappa shape index (κ2) is 7.76. The van der Waals surface area contributed by atoms with Crippen molar-refractivity contribution in [3.63, 3.8) is 0 Å². The van der Waals surface area contributed by atoms with Gasteiger partial charge in [0.1, 0.15) is 12.3 Å². The molecular formula is C22H24N2O4. The van der Waals surface area contributed by atoms with Crippen molar-refractivity contribution < 1.29 is 19.4 Å². The smallest absolute Gasteiger partial charge is 0.323 e. The van der Waals surface area contributed by atoms with Crippen molar-refractivity contribution in [2.45, 2.75) is 26.8 Å². The van der Waals surface area contributed by atoms with E-state index >= 15 is 0 Å². The quantitative estimate of drug-likeness (QED) is 0.651. The second-order valence-corrected chi connectivity index (χ2v) is 7.44. The Bertz CT molecular complexity index is 1020. The Morgan fingerprint density at radius 1 is 1.14 bits per heavy atom. The maximum absolute atomic E-state index is 12.9. The van der Waals surface area contributed by atoms with E-state index in [-0.39, 0.29) is 12.5 Å². The molecule has 0 bridgehead atoms. The third-order valence-electron chi connectivity index (χ3n) is 4.77. The number of fused-ring (bicyclic) bond motifs is 1. The highest BCUT2D eigenvalue weighted by Crippen LogP contribution is 2.29. The lowest BCUT2D eigenvalue weighted by atomic mass is 9.84. The Morgan fingerprint density at radius 3 is 2.61 bits per heavy atom. The molecule has 6 nitrogen and oxygen atoms in total. The molecule has 2 N–H and O–H groups in total. The van der Waals surface area contributed by atoms with Crippen molar-refractivity contribution in [1.29, 1.82) is 0 Å². The minimum Gasteiger partial charge on any atom is -0.496 e. The van der Waals surface area contributed by atoms with Crippen LogP contribution in [0.2, 0.25) is 0 Å². The van der Waals surface area contributed by atoms with Gasteiger partial charge in [-0.15, -0.1) is 0 Å². The number of hydrogen-bond donors (Lipinski definition) is 2. The number of carboxylic acids is 1. The van der Waals surface area contributed by atoms with Gasteiger partial charge in [0.15, 0.2) is 0 Å². The first-order valence-corrected chi connectivity index (χ1v) is 9.04. The Labute approximate surface area is 163 Å². The van der Waals surface area contributed by atoms with Crippen LogP contribution in [0.1, 0.15) is 19.4 Å². The fourth-order valence-electron chi connectivity index (χ4n) is 3.27. The molecule has 3 rings (SSSR count). The largest absolute Gasteiger partial charge is 0.496 e. The van der Waals surface area contributed by atoms with E-state index in [4.69, 9.17) is 9.84 Å². The van der Waals surface area contributed by atoms with E-state index in [1.54, 1.807) is 23.9 Å². The van der Waals surface area contributed by atoms with Crippen LogP contribution in [0.4, 0.5) is 5.69 Å². The molecule has 2 aromatic carbocycles. The lowest BCUT2D eigenvalue weighted by Crippen LogP contribution is -2.32. The number of para-hydroxylation sites is 1. The van der Waals surface area contributed by atoms with Gasteiger partial charge in [-0.1, -0.05) is 32.0 Å². The number of ether oxygens (including phenoxy) is 1. The van der Waals surface area contributed by atoms with Gasteiger partial charge >= 0.3 is 5.97 Å². The zero-order chi connectivity index (χ0) is 20.3. The Kier molecular flexibility index (Phi) is 5.40. The van der Waals surface area contributed by atoms with Crippen LogP contribution in [0, 0.1) is 5.41 Å². The lowest BCUT2D eigenvalue weighted by Gasteiger charge is -2.24. The molecule has 28 heavy (non-hydrogen) atoms. The van der Waals surface area contributed by atoms with Crippen LogP contribution in [0.5, 0.6) is 5.75 Å². The number of hydrogen-bond acceptors (Lipinski definition) is 3. The topological polar surface area (TPSA) is 80.6 Å². The summed E-state index contributed by atoms with van der Waals surface area (Å²) in [6, 6.07) is 15.0. The average molecular weight is 380 g/mol. The predicted molar refractivity (Wildman–Crippen MR) is 109 cm³/mol. The van der Waals surface area contributed by atoms with Crippen molar-refractivity contribution in [2.24, 2.45) is 5.41 Å². The van der Waals surface area contributed by atoms with Crippen molar-refractivity contribution in [3.8, 4) is 5.75 Å². The van der Waals surface area contributed by atoms with E-state index < -0.39 is 11.4 Å². The Hall–Kier alpha value is -3.28. The number of anilines is 1. The highest BCUT2D eigenvalue weighted by Gasteiger charge is 2.29. The molecule has 146 valence electrons. The summed E-state index contributed by atoms with van der Waals surface area (Å²) in [5, 5.41) is 12.8. The van der Waals surface area contributed by atoms with Gasteiger partial charge in [0.05, 0.1) is 7.11 Å². The van der Waals surface area contributed by atoms with E-state index in [1.165, 1.54) is 0 Å². The molecule has 0 radical (unpaired) electrons. The van der Waals surface area contributed by atoms with Crippen LogP contribution in [-0.4, -0.2) is 28.7 Å². The Morgan fingerprint density at radius 2 is 1.89 bits per heavy atom. The predicted octanol–water partition coefficient (Wildman–Crippen LogP) is 3.94. The van der Waals surface area contributed by atoms with Gasteiger partial charge in [-0.2, -0.15) is 0 Å².